The maximum absolute atomic E-state index is 12.2. The Balaban J connectivity index is 1.62. The molecule has 0 unspecified atom stereocenters. The molecule has 1 aliphatic rings. The van der Waals surface area contributed by atoms with E-state index in [1.54, 1.807) is 41.4 Å². The van der Waals surface area contributed by atoms with Crippen molar-refractivity contribution in [2.45, 2.75) is 0 Å². The lowest BCUT2D eigenvalue weighted by Gasteiger charge is -2.35. The third kappa shape index (κ3) is 3.45. The van der Waals surface area contributed by atoms with E-state index in [-0.39, 0.29) is 5.56 Å². The van der Waals surface area contributed by atoms with E-state index in [4.69, 9.17) is 4.74 Å². The number of aromatic carboxylic acids is 1. The number of para-hydroxylation sites is 1. The van der Waals surface area contributed by atoms with Gasteiger partial charge in [0.2, 0.25) is 0 Å². The highest BCUT2D eigenvalue weighted by atomic mass is 16.6. The Morgan fingerprint density at radius 2 is 1.71 bits per heavy atom. The molecule has 1 aliphatic heterocycles. The number of carboxylic acid groups (broad SMARTS) is 1. The highest BCUT2D eigenvalue weighted by Crippen LogP contribution is 2.19. The first-order chi connectivity index (χ1) is 11.6. The Labute approximate surface area is 139 Å². The molecule has 24 heavy (non-hydrogen) atoms. The van der Waals surface area contributed by atoms with Gasteiger partial charge in [0, 0.05) is 32.4 Å². The lowest BCUT2D eigenvalue weighted by atomic mass is 10.2. The Morgan fingerprint density at radius 1 is 1.00 bits per heavy atom. The number of anilines is 1. The van der Waals surface area contributed by atoms with E-state index >= 15 is 0 Å². The van der Waals surface area contributed by atoms with Crippen molar-refractivity contribution in [3.05, 3.63) is 54.2 Å². The molecule has 1 aromatic heterocycles. The third-order valence-corrected chi connectivity index (χ3v) is 3.80. The molecular formula is C17H17N3O4. The molecule has 0 atom stereocenters. The van der Waals surface area contributed by atoms with Gasteiger partial charge in [0.25, 0.3) is 0 Å². The van der Waals surface area contributed by atoms with Crippen LogP contribution in [0.2, 0.25) is 0 Å². The van der Waals surface area contributed by atoms with Gasteiger partial charge >= 0.3 is 12.1 Å². The highest BCUT2D eigenvalue weighted by molar-refractivity contribution is 5.93. The number of pyridine rings is 1. The number of hydrogen-bond acceptors (Lipinski definition) is 5. The van der Waals surface area contributed by atoms with Gasteiger partial charge in [-0.25, -0.2) is 14.6 Å². The Morgan fingerprint density at radius 3 is 2.38 bits per heavy atom. The second kappa shape index (κ2) is 6.99. The van der Waals surface area contributed by atoms with Gasteiger partial charge in [0.05, 0.1) is 0 Å². The third-order valence-electron chi connectivity index (χ3n) is 3.80. The van der Waals surface area contributed by atoms with Crippen LogP contribution < -0.4 is 9.64 Å². The molecule has 0 aliphatic carbocycles. The first-order valence-electron chi connectivity index (χ1n) is 7.60. The van der Waals surface area contributed by atoms with Gasteiger partial charge in [-0.1, -0.05) is 18.2 Å². The quantitative estimate of drug-likeness (QED) is 0.929. The number of rotatable bonds is 3. The summed E-state index contributed by atoms with van der Waals surface area (Å²) in [7, 11) is 0. The monoisotopic (exact) mass is 327 g/mol. The van der Waals surface area contributed by atoms with Crippen LogP contribution in [0, 0.1) is 0 Å². The van der Waals surface area contributed by atoms with E-state index in [1.165, 1.54) is 6.07 Å². The van der Waals surface area contributed by atoms with Gasteiger partial charge in [-0.3, -0.25) is 0 Å². The largest absolute Gasteiger partial charge is 0.478 e. The predicted molar refractivity (Wildman–Crippen MR) is 87.4 cm³/mol. The van der Waals surface area contributed by atoms with Gasteiger partial charge in [-0.15, -0.1) is 0 Å². The standard InChI is InChI=1S/C17H17N3O4/c21-16(22)14-7-4-8-18-15(14)19-9-11-20(12-10-19)17(23)24-13-5-2-1-3-6-13/h1-8H,9-12H2,(H,21,22). The molecule has 1 aromatic carbocycles. The number of aromatic nitrogens is 1. The summed E-state index contributed by atoms with van der Waals surface area (Å²) in [5, 5.41) is 9.25. The molecule has 7 heteroatoms. The Kier molecular flexibility index (Phi) is 4.60. The van der Waals surface area contributed by atoms with Crippen LogP contribution in [0.4, 0.5) is 10.6 Å². The maximum Gasteiger partial charge on any atom is 0.415 e. The van der Waals surface area contributed by atoms with Crippen LogP contribution in [0.3, 0.4) is 0 Å². The van der Waals surface area contributed by atoms with Crippen molar-refractivity contribution in [3.8, 4) is 5.75 Å². The molecule has 124 valence electrons. The van der Waals surface area contributed by atoms with Gasteiger partial charge < -0.3 is 19.6 Å². The molecule has 7 nitrogen and oxygen atoms in total. The van der Waals surface area contributed by atoms with Crippen molar-refractivity contribution in [1.29, 1.82) is 0 Å². The minimum absolute atomic E-state index is 0.165. The molecule has 2 aromatic rings. The fourth-order valence-corrected chi connectivity index (χ4v) is 2.57. The van der Waals surface area contributed by atoms with E-state index < -0.39 is 12.1 Å². The van der Waals surface area contributed by atoms with Crippen LogP contribution in [0.15, 0.2) is 48.7 Å². The number of benzene rings is 1. The second-order valence-electron chi connectivity index (χ2n) is 5.33. The molecular weight excluding hydrogens is 310 g/mol. The molecule has 1 fully saturated rings. The number of hydrogen-bond donors (Lipinski definition) is 1. The molecule has 2 heterocycles. The molecule has 0 radical (unpaired) electrons. The molecule has 1 amide bonds. The van der Waals surface area contributed by atoms with Crippen LogP contribution in [0.5, 0.6) is 5.75 Å². The summed E-state index contributed by atoms with van der Waals surface area (Å²) in [6.45, 7) is 1.89. The number of amides is 1. The second-order valence-corrected chi connectivity index (χ2v) is 5.33. The van der Waals surface area contributed by atoms with Crippen molar-refractivity contribution >= 4 is 17.9 Å². The van der Waals surface area contributed by atoms with Gasteiger partial charge in [0.1, 0.15) is 17.1 Å². The Hall–Kier alpha value is -3.09. The minimum Gasteiger partial charge on any atom is -0.478 e. The minimum atomic E-state index is -1.01. The van der Waals surface area contributed by atoms with Crippen molar-refractivity contribution in [3.63, 3.8) is 0 Å². The van der Waals surface area contributed by atoms with E-state index in [0.29, 0.717) is 37.7 Å². The lowest BCUT2D eigenvalue weighted by Crippen LogP contribution is -2.50. The van der Waals surface area contributed by atoms with Crippen molar-refractivity contribution in [1.82, 2.24) is 9.88 Å². The normalized spacial score (nSPS) is 14.3. The van der Waals surface area contributed by atoms with Crippen LogP contribution in [-0.2, 0) is 0 Å². The van der Waals surface area contributed by atoms with Gasteiger partial charge in [-0.2, -0.15) is 0 Å². The van der Waals surface area contributed by atoms with Crippen molar-refractivity contribution < 1.29 is 19.4 Å². The molecule has 0 bridgehead atoms. The average Bonchev–Trinajstić information content (AvgIpc) is 2.62. The molecule has 0 saturated carbocycles. The first kappa shape index (κ1) is 15.8. The van der Waals surface area contributed by atoms with E-state index in [0.717, 1.165) is 0 Å². The molecule has 3 rings (SSSR count). The van der Waals surface area contributed by atoms with Crippen LogP contribution in [0.25, 0.3) is 0 Å². The van der Waals surface area contributed by atoms with E-state index in [2.05, 4.69) is 4.98 Å². The summed E-state index contributed by atoms with van der Waals surface area (Å²) in [6, 6.07) is 12.0. The van der Waals surface area contributed by atoms with Gasteiger partial charge in [-0.05, 0) is 24.3 Å². The zero-order valence-corrected chi connectivity index (χ0v) is 13.0. The number of ether oxygens (including phenoxy) is 1. The Bertz CT molecular complexity index is 728. The van der Waals surface area contributed by atoms with Crippen LogP contribution >= 0.6 is 0 Å². The smallest absolute Gasteiger partial charge is 0.415 e. The lowest BCUT2D eigenvalue weighted by molar-refractivity contribution is 0.0696. The number of piperazine rings is 1. The molecule has 0 spiro atoms. The number of nitrogens with zero attached hydrogens (tertiary/aromatic N) is 3. The van der Waals surface area contributed by atoms with Crippen LogP contribution in [-0.4, -0.2) is 53.2 Å². The van der Waals surface area contributed by atoms with Crippen molar-refractivity contribution in [2.75, 3.05) is 31.1 Å². The summed E-state index contributed by atoms with van der Waals surface area (Å²) in [4.78, 5) is 31.1. The molecule has 1 saturated heterocycles. The number of carboxylic acids is 1. The highest BCUT2D eigenvalue weighted by Gasteiger charge is 2.25. The van der Waals surface area contributed by atoms with Crippen LogP contribution in [0.1, 0.15) is 10.4 Å². The zero-order chi connectivity index (χ0) is 16.9. The molecule has 1 N–H and O–H groups in total. The summed E-state index contributed by atoms with van der Waals surface area (Å²) in [6.07, 6.45) is 1.16. The van der Waals surface area contributed by atoms with Gasteiger partial charge in [0.15, 0.2) is 0 Å². The summed E-state index contributed by atoms with van der Waals surface area (Å²) >= 11 is 0. The zero-order valence-electron chi connectivity index (χ0n) is 13.0. The summed E-state index contributed by atoms with van der Waals surface area (Å²) in [5.74, 6) is -0.0760. The number of carbonyl (C=O) groups is 2. The topological polar surface area (TPSA) is 83.0 Å². The fraction of sp³-hybridized carbons (Fsp3) is 0.235. The number of carbonyl (C=O) groups excluding carboxylic acids is 1. The first-order valence-corrected chi connectivity index (χ1v) is 7.60. The predicted octanol–water partition coefficient (Wildman–Crippen LogP) is 2.10. The summed E-state index contributed by atoms with van der Waals surface area (Å²) in [5.41, 5.74) is 0.165. The van der Waals surface area contributed by atoms with E-state index in [1.807, 2.05) is 11.0 Å². The van der Waals surface area contributed by atoms with E-state index in [9.17, 15) is 14.7 Å². The average molecular weight is 327 g/mol. The SMILES string of the molecule is O=C(O)c1cccnc1N1CCN(C(=O)Oc2ccccc2)CC1. The maximum atomic E-state index is 12.2. The van der Waals surface area contributed by atoms with Crippen molar-refractivity contribution in [2.24, 2.45) is 0 Å². The summed E-state index contributed by atoms with van der Waals surface area (Å²) < 4.78 is 5.32. The fourth-order valence-electron chi connectivity index (χ4n) is 2.57.